The highest BCUT2D eigenvalue weighted by molar-refractivity contribution is 5.44. The number of hydrogen-bond acceptors (Lipinski definition) is 2. The number of hydrogen-bond donors (Lipinski definition) is 1. The van der Waals surface area contributed by atoms with Crippen molar-refractivity contribution in [2.24, 2.45) is 5.73 Å². The number of benzene rings is 1. The van der Waals surface area contributed by atoms with E-state index in [-0.39, 0.29) is 11.9 Å². The molecule has 0 spiro atoms. The smallest absolute Gasteiger partial charge is 0.127 e. The van der Waals surface area contributed by atoms with Crippen molar-refractivity contribution in [1.82, 2.24) is 0 Å². The molecule has 0 saturated carbocycles. The lowest BCUT2D eigenvalue weighted by atomic mass is 9.99. The van der Waals surface area contributed by atoms with Gasteiger partial charge in [-0.2, -0.15) is 0 Å². The number of ether oxygens (including phenoxy) is 1. The molecule has 0 unspecified atom stereocenters. The lowest BCUT2D eigenvalue weighted by Gasteiger charge is -2.22. The van der Waals surface area contributed by atoms with Crippen LogP contribution in [0.2, 0.25) is 0 Å². The highest BCUT2D eigenvalue weighted by Gasteiger charge is 2.18. The zero-order chi connectivity index (χ0) is 10.1. The van der Waals surface area contributed by atoms with Gasteiger partial charge < -0.3 is 10.5 Å². The molecule has 0 radical (unpaired) electrons. The summed E-state index contributed by atoms with van der Waals surface area (Å²) in [5, 5.41) is 0. The SMILES string of the molecule is C[C@@H](N)c1cc(F)cc2c1OCCC2. The molecule has 0 bridgehead atoms. The first-order chi connectivity index (χ1) is 6.68. The minimum Gasteiger partial charge on any atom is -0.493 e. The Kier molecular flexibility index (Phi) is 2.42. The van der Waals surface area contributed by atoms with E-state index >= 15 is 0 Å². The van der Waals surface area contributed by atoms with Crippen molar-refractivity contribution in [3.8, 4) is 5.75 Å². The van der Waals surface area contributed by atoms with E-state index in [1.165, 1.54) is 6.07 Å². The molecule has 0 aliphatic carbocycles. The van der Waals surface area contributed by atoms with Gasteiger partial charge in [0.1, 0.15) is 11.6 Å². The summed E-state index contributed by atoms with van der Waals surface area (Å²) >= 11 is 0. The number of rotatable bonds is 1. The second-order valence-corrected chi connectivity index (χ2v) is 3.72. The Morgan fingerprint density at radius 2 is 2.29 bits per heavy atom. The summed E-state index contributed by atoms with van der Waals surface area (Å²) < 4.78 is 18.7. The summed E-state index contributed by atoms with van der Waals surface area (Å²) in [5.74, 6) is 0.578. The first-order valence-electron chi connectivity index (χ1n) is 4.89. The third-order valence-electron chi connectivity index (χ3n) is 2.49. The predicted molar refractivity (Wildman–Crippen MR) is 52.8 cm³/mol. The molecule has 1 aliphatic rings. The van der Waals surface area contributed by atoms with Gasteiger partial charge in [-0.25, -0.2) is 4.39 Å². The van der Waals surface area contributed by atoms with Crippen molar-refractivity contribution in [2.75, 3.05) is 6.61 Å². The van der Waals surface area contributed by atoms with E-state index in [1.54, 1.807) is 6.07 Å². The number of nitrogens with two attached hydrogens (primary N) is 1. The van der Waals surface area contributed by atoms with Crippen molar-refractivity contribution in [2.45, 2.75) is 25.8 Å². The van der Waals surface area contributed by atoms with E-state index < -0.39 is 0 Å². The molecule has 2 nitrogen and oxygen atoms in total. The Morgan fingerprint density at radius 1 is 1.50 bits per heavy atom. The van der Waals surface area contributed by atoms with Crippen LogP contribution in [0.25, 0.3) is 0 Å². The molecule has 2 N–H and O–H groups in total. The zero-order valence-electron chi connectivity index (χ0n) is 8.22. The standard InChI is InChI=1S/C11H14FNO/c1-7(13)10-6-9(12)5-8-3-2-4-14-11(8)10/h5-7H,2-4,13H2,1H3/t7-/m1/s1. The summed E-state index contributed by atoms with van der Waals surface area (Å²) in [6.45, 7) is 2.55. The topological polar surface area (TPSA) is 35.2 Å². The van der Waals surface area contributed by atoms with Crippen molar-refractivity contribution < 1.29 is 9.13 Å². The average Bonchev–Trinajstić information content (AvgIpc) is 2.16. The van der Waals surface area contributed by atoms with Crippen LogP contribution in [0.1, 0.15) is 30.5 Å². The molecule has 1 aromatic rings. The van der Waals surface area contributed by atoms with Gasteiger partial charge in [0.15, 0.2) is 0 Å². The van der Waals surface area contributed by atoms with Gasteiger partial charge in [-0.1, -0.05) is 0 Å². The van der Waals surface area contributed by atoms with Crippen LogP contribution in [0, 0.1) is 5.82 Å². The average molecular weight is 195 g/mol. The summed E-state index contributed by atoms with van der Waals surface area (Å²) in [6, 6.07) is 2.83. The van der Waals surface area contributed by atoms with Gasteiger partial charge in [0, 0.05) is 11.6 Å². The molecule has 1 atom stereocenters. The highest BCUT2D eigenvalue weighted by Crippen LogP contribution is 2.32. The molecule has 1 heterocycles. The van der Waals surface area contributed by atoms with Crippen molar-refractivity contribution in [3.05, 3.63) is 29.1 Å². The van der Waals surface area contributed by atoms with Gasteiger partial charge in [-0.15, -0.1) is 0 Å². The van der Waals surface area contributed by atoms with Gasteiger partial charge >= 0.3 is 0 Å². The minimum atomic E-state index is -0.221. The van der Waals surface area contributed by atoms with Gasteiger partial charge in [0.2, 0.25) is 0 Å². The molecular weight excluding hydrogens is 181 g/mol. The van der Waals surface area contributed by atoms with Gasteiger partial charge in [-0.05, 0) is 37.5 Å². The van der Waals surface area contributed by atoms with E-state index in [1.807, 2.05) is 6.92 Å². The van der Waals surface area contributed by atoms with E-state index in [2.05, 4.69) is 0 Å². The molecule has 3 heteroatoms. The molecule has 0 aromatic heterocycles. The van der Waals surface area contributed by atoms with Crippen molar-refractivity contribution in [1.29, 1.82) is 0 Å². The Hall–Kier alpha value is -1.09. The molecular formula is C11H14FNO. The summed E-state index contributed by atoms with van der Waals surface area (Å²) in [6.07, 6.45) is 1.83. The second kappa shape index (κ2) is 3.58. The lowest BCUT2D eigenvalue weighted by Crippen LogP contribution is -2.15. The molecule has 0 fully saturated rings. The van der Waals surface area contributed by atoms with Gasteiger partial charge in [0.05, 0.1) is 6.61 Å². The fourth-order valence-electron chi connectivity index (χ4n) is 1.81. The van der Waals surface area contributed by atoms with E-state index in [0.717, 1.165) is 29.7 Å². The van der Waals surface area contributed by atoms with Crippen LogP contribution in [0.4, 0.5) is 4.39 Å². The van der Waals surface area contributed by atoms with Crippen LogP contribution >= 0.6 is 0 Å². The first kappa shape index (κ1) is 9.46. The van der Waals surface area contributed by atoms with Crippen LogP contribution in [-0.2, 0) is 6.42 Å². The normalized spacial score (nSPS) is 17.1. The lowest BCUT2D eigenvalue weighted by molar-refractivity contribution is 0.283. The third kappa shape index (κ3) is 1.60. The maximum Gasteiger partial charge on any atom is 0.127 e. The zero-order valence-corrected chi connectivity index (χ0v) is 8.22. The Labute approximate surface area is 82.9 Å². The highest BCUT2D eigenvalue weighted by atomic mass is 19.1. The van der Waals surface area contributed by atoms with Crippen LogP contribution in [-0.4, -0.2) is 6.61 Å². The van der Waals surface area contributed by atoms with Crippen LogP contribution in [0.3, 0.4) is 0 Å². The molecule has 0 amide bonds. The Bertz CT molecular complexity index is 349. The maximum absolute atomic E-state index is 13.2. The first-order valence-corrected chi connectivity index (χ1v) is 4.89. The quantitative estimate of drug-likeness (QED) is 0.745. The van der Waals surface area contributed by atoms with Crippen LogP contribution in [0.5, 0.6) is 5.75 Å². The summed E-state index contributed by atoms with van der Waals surface area (Å²) in [5.41, 5.74) is 7.49. The van der Waals surface area contributed by atoms with Gasteiger partial charge in [-0.3, -0.25) is 0 Å². The van der Waals surface area contributed by atoms with Crippen molar-refractivity contribution >= 4 is 0 Å². The number of aryl methyl sites for hydroxylation is 1. The Morgan fingerprint density at radius 3 is 3.00 bits per heavy atom. The fraction of sp³-hybridized carbons (Fsp3) is 0.455. The summed E-state index contributed by atoms with van der Waals surface area (Å²) in [7, 11) is 0. The second-order valence-electron chi connectivity index (χ2n) is 3.72. The molecule has 1 aliphatic heterocycles. The molecule has 14 heavy (non-hydrogen) atoms. The molecule has 76 valence electrons. The van der Waals surface area contributed by atoms with Crippen LogP contribution in [0.15, 0.2) is 12.1 Å². The monoisotopic (exact) mass is 195 g/mol. The van der Waals surface area contributed by atoms with Crippen molar-refractivity contribution in [3.63, 3.8) is 0 Å². The third-order valence-corrected chi connectivity index (χ3v) is 2.49. The Balaban J connectivity index is 2.52. The van der Waals surface area contributed by atoms with E-state index in [9.17, 15) is 4.39 Å². The van der Waals surface area contributed by atoms with Gasteiger partial charge in [0.25, 0.3) is 0 Å². The molecule has 2 rings (SSSR count). The minimum absolute atomic E-state index is 0.183. The van der Waals surface area contributed by atoms with E-state index in [4.69, 9.17) is 10.5 Å². The van der Waals surface area contributed by atoms with E-state index in [0.29, 0.717) is 6.61 Å². The molecule has 1 aromatic carbocycles. The predicted octanol–water partition coefficient (Wildman–Crippen LogP) is 2.17. The largest absolute Gasteiger partial charge is 0.493 e. The van der Waals surface area contributed by atoms with Crippen LogP contribution < -0.4 is 10.5 Å². The summed E-state index contributed by atoms with van der Waals surface area (Å²) in [4.78, 5) is 0. The maximum atomic E-state index is 13.2. The fourth-order valence-corrected chi connectivity index (χ4v) is 1.81. The number of fused-ring (bicyclic) bond motifs is 1. The number of halogens is 1. The molecule has 0 saturated heterocycles.